The molecular weight excluding hydrogens is 697 g/mol. The molecule has 274 valence electrons. The molecule has 11 rings (SSSR count). The van der Waals surface area contributed by atoms with Gasteiger partial charge >= 0.3 is 0 Å². The van der Waals surface area contributed by atoms with Gasteiger partial charge in [0.05, 0.1) is 11.7 Å². The van der Waals surface area contributed by atoms with Gasteiger partial charge in [-0.25, -0.2) is 4.99 Å². The summed E-state index contributed by atoms with van der Waals surface area (Å²) in [5.41, 5.74) is 15.0. The Kier molecular flexibility index (Phi) is 8.20. The summed E-state index contributed by atoms with van der Waals surface area (Å²) in [6.45, 7) is 0. The van der Waals surface area contributed by atoms with Gasteiger partial charge in [0, 0.05) is 40.0 Å². The van der Waals surface area contributed by atoms with Gasteiger partial charge in [-0.05, 0) is 106 Å². The van der Waals surface area contributed by atoms with Gasteiger partial charge < -0.3 is 14.4 Å². The van der Waals surface area contributed by atoms with Gasteiger partial charge in [0.2, 0.25) is 5.90 Å². The van der Waals surface area contributed by atoms with E-state index in [0.29, 0.717) is 0 Å². The lowest BCUT2D eigenvalue weighted by Gasteiger charge is -2.29. The molecule has 4 unspecified atom stereocenters. The molecule has 0 radical (unpaired) electrons. The summed E-state index contributed by atoms with van der Waals surface area (Å²) in [4.78, 5) is 7.46. The van der Waals surface area contributed by atoms with Crippen LogP contribution in [0.15, 0.2) is 199 Å². The van der Waals surface area contributed by atoms with Crippen molar-refractivity contribution in [1.82, 2.24) is 0 Å². The van der Waals surface area contributed by atoms with Gasteiger partial charge in [-0.15, -0.1) is 0 Å². The normalized spacial score (nSPS) is 19.7. The van der Waals surface area contributed by atoms with Crippen molar-refractivity contribution >= 4 is 23.0 Å². The molecule has 0 aromatic heterocycles. The number of hydrogen-bond acceptors (Lipinski definition) is 4. The summed E-state index contributed by atoms with van der Waals surface area (Å²) in [5, 5.41) is 0. The maximum atomic E-state index is 6.64. The third-order valence-electron chi connectivity index (χ3n) is 11.9. The van der Waals surface area contributed by atoms with Crippen LogP contribution < -0.4 is 9.64 Å². The van der Waals surface area contributed by atoms with Crippen LogP contribution in [0.3, 0.4) is 0 Å². The standard InChI is InChI=1S/C53H40N2O2/c1-4-13-35(14-5-1)39-19-12-20-42(31-39)55(43-27-28-45-44-21-10-11-22-50(44)56-51(45)34-43)49-30-26-41(32-46(49)36-15-6-2-7-16-36)40-24-23-37-25-29-48-52(47(37)33-40)57-53(54-48)38-17-8-3-9-18-38/h1-24,26-28,30-34,44,48,50,52H,25,29H2. The van der Waals surface area contributed by atoms with E-state index in [9.17, 15) is 0 Å². The Morgan fingerprint density at radius 2 is 1.19 bits per heavy atom. The molecule has 7 aromatic rings. The molecule has 0 spiro atoms. The molecule has 4 nitrogen and oxygen atoms in total. The lowest BCUT2D eigenvalue weighted by Crippen LogP contribution is -2.21. The van der Waals surface area contributed by atoms with E-state index in [1.54, 1.807) is 0 Å². The van der Waals surface area contributed by atoms with Crippen LogP contribution in [-0.4, -0.2) is 18.0 Å². The number of aliphatic imine (C=N–C) groups is 1. The van der Waals surface area contributed by atoms with E-state index in [2.05, 4.69) is 181 Å². The smallest absolute Gasteiger partial charge is 0.217 e. The summed E-state index contributed by atoms with van der Waals surface area (Å²) in [5.74, 6) is 1.91. The molecule has 2 aliphatic heterocycles. The molecular formula is C53H40N2O2. The first-order valence-corrected chi connectivity index (χ1v) is 20.0. The highest BCUT2D eigenvalue weighted by Gasteiger charge is 2.37. The summed E-state index contributed by atoms with van der Waals surface area (Å²) >= 11 is 0. The van der Waals surface area contributed by atoms with E-state index in [0.717, 1.165) is 69.4 Å². The Bertz CT molecular complexity index is 2720. The zero-order valence-corrected chi connectivity index (χ0v) is 31.4. The molecule has 0 amide bonds. The second-order valence-corrected chi connectivity index (χ2v) is 15.3. The van der Waals surface area contributed by atoms with Crippen LogP contribution in [0.2, 0.25) is 0 Å². The van der Waals surface area contributed by atoms with Crippen molar-refractivity contribution < 1.29 is 9.47 Å². The van der Waals surface area contributed by atoms with Crippen LogP contribution in [0.25, 0.3) is 33.4 Å². The molecule has 0 N–H and O–H groups in total. The van der Waals surface area contributed by atoms with Gasteiger partial charge in [0.25, 0.3) is 0 Å². The van der Waals surface area contributed by atoms with Gasteiger partial charge in [0.15, 0.2) is 0 Å². The van der Waals surface area contributed by atoms with Gasteiger partial charge in [-0.1, -0.05) is 133 Å². The van der Waals surface area contributed by atoms with Crippen LogP contribution in [0.1, 0.15) is 40.7 Å². The number of benzene rings is 7. The van der Waals surface area contributed by atoms with Crippen molar-refractivity contribution in [3.63, 3.8) is 0 Å². The van der Waals surface area contributed by atoms with Gasteiger partial charge in [0.1, 0.15) is 18.0 Å². The average Bonchev–Trinajstić information content (AvgIpc) is 3.90. The SMILES string of the molecule is C1=CC2Oc3cc(N(c4cccc(-c5ccccc5)c4)c4ccc(-c5ccc6c(c5)C5OC(c7ccccc7)=NC5CC6)cc4-c4ccccc4)ccc3C2C=C1. The minimum atomic E-state index is -0.0824. The van der Waals surface area contributed by atoms with Crippen LogP contribution in [-0.2, 0) is 11.2 Å². The van der Waals surface area contributed by atoms with E-state index in [4.69, 9.17) is 14.5 Å². The Hall–Kier alpha value is -6.91. The van der Waals surface area contributed by atoms with E-state index in [1.807, 2.05) is 18.2 Å². The molecule has 0 saturated carbocycles. The fraction of sp³-hybridized carbons (Fsp3) is 0.113. The zero-order chi connectivity index (χ0) is 37.7. The van der Waals surface area contributed by atoms with Crippen LogP contribution in [0.4, 0.5) is 17.1 Å². The van der Waals surface area contributed by atoms with Crippen molar-refractivity contribution in [2.24, 2.45) is 4.99 Å². The highest BCUT2D eigenvalue weighted by molar-refractivity contribution is 5.96. The Morgan fingerprint density at radius 3 is 2.02 bits per heavy atom. The number of anilines is 3. The molecule has 4 aliphatic rings. The molecule has 4 atom stereocenters. The number of allylic oxidation sites excluding steroid dienone is 2. The highest BCUT2D eigenvalue weighted by atomic mass is 16.5. The molecule has 2 heterocycles. The number of aryl methyl sites for hydroxylation is 1. The van der Waals surface area contributed by atoms with Gasteiger partial charge in [-0.2, -0.15) is 0 Å². The maximum Gasteiger partial charge on any atom is 0.217 e. The largest absolute Gasteiger partial charge is 0.485 e. The summed E-state index contributed by atoms with van der Waals surface area (Å²) < 4.78 is 13.2. The predicted octanol–water partition coefficient (Wildman–Crippen LogP) is 13.0. The first-order chi connectivity index (χ1) is 28.2. The Balaban J connectivity index is 1.04. The number of rotatable bonds is 7. The quantitative estimate of drug-likeness (QED) is 0.163. The molecule has 57 heavy (non-hydrogen) atoms. The maximum absolute atomic E-state index is 6.64. The summed E-state index contributed by atoms with van der Waals surface area (Å²) in [7, 11) is 0. The highest BCUT2D eigenvalue weighted by Crippen LogP contribution is 2.48. The number of nitrogens with zero attached hydrogens (tertiary/aromatic N) is 2. The fourth-order valence-corrected chi connectivity index (χ4v) is 9.04. The predicted molar refractivity (Wildman–Crippen MR) is 232 cm³/mol. The van der Waals surface area contributed by atoms with Crippen LogP contribution >= 0.6 is 0 Å². The van der Waals surface area contributed by atoms with E-state index in [-0.39, 0.29) is 24.2 Å². The zero-order valence-electron chi connectivity index (χ0n) is 31.4. The van der Waals surface area contributed by atoms with Crippen LogP contribution in [0, 0.1) is 0 Å². The summed E-state index contributed by atoms with van der Waals surface area (Å²) in [6.07, 6.45) is 10.5. The van der Waals surface area contributed by atoms with Crippen molar-refractivity contribution in [2.75, 3.05) is 4.90 Å². The molecule has 0 bridgehead atoms. The minimum absolute atomic E-state index is 0.0206. The van der Waals surface area contributed by atoms with E-state index in [1.165, 1.54) is 27.8 Å². The first-order valence-electron chi connectivity index (χ1n) is 20.0. The van der Waals surface area contributed by atoms with Gasteiger partial charge in [-0.3, -0.25) is 0 Å². The number of fused-ring (bicyclic) bond motifs is 6. The minimum Gasteiger partial charge on any atom is -0.485 e. The third kappa shape index (κ3) is 6.05. The lowest BCUT2D eigenvalue weighted by atomic mass is 9.84. The average molecular weight is 737 g/mol. The molecule has 7 aromatic carbocycles. The molecule has 0 fully saturated rings. The third-order valence-corrected chi connectivity index (χ3v) is 11.9. The van der Waals surface area contributed by atoms with Crippen molar-refractivity contribution in [3.8, 4) is 39.1 Å². The fourth-order valence-electron chi connectivity index (χ4n) is 9.04. The van der Waals surface area contributed by atoms with Crippen molar-refractivity contribution in [3.05, 3.63) is 216 Å². The summed E-state index contributed by atoms with van der Waals surface area (Å²) in [6, 6.07) is 61.2. The number of hydrogen-bond donors (Lipinski definition) is 0. The van der Waals surface area contributed by atoms with Crippen molar-refractivity contribution in [1.29, 1.82) is 0 Å². The topological polar surface area (TPSA) is 34.1 Å². The monoisotopic (exact) mass is 736 g/mol. The molecule has 4 heteroatoms. The number of ether oxygens (including phenoxy) is 2. The lowest BCUT2D eigenvalue weighted by molar-refractivity contribution is 0.183. The van der Waals surface area contributed by atoms with E-state index < -0.39 is 0 Å². The molecule has 2 aliphatic carbocycles. The first kappa shape index (κ1) is 33.4. The Morgan fingerprint density at radius 1 is 0.509 bits per heavy atom. The second kappa shape index (κ2) is 14.0. The Labute approximate surface area is 333 Å². The second-order valence-electron chi connectivity index (χ2n) is 15.3. The molecule has 0 saturated heterocycles. The van der Waals surface area contributed by atoms with E-state index >= 15 is 0 Å². The van der Waals surface area contributed by atoms with Crippen LogP contribution in [0.5, 0.6) is 5.75 Å². The van der Waals surface area contributed by atoms with Crippen molar-refractivity contribution in [2.45, 2.75) is 37.0 Å².